The SMILES string of the molecule is CC(C)(Nc1ccc(C(N)=S)c(Br)c1F)C(N)=O. The average Bonchev–Trinajstić information content (AvgIpc) is 2.24. The van der Waals surface area contributed by atoms with Crippen LogP contribution in [0.3, 0.4) is 0 Å². The molecule has 0 saturated carbocycles. The number of carbonyl (C=O) groups excluding carboxylic acids is 1. The highest BCUT2D eigenvalue weighted by Crippen LogP contribution is 2.28. The van der Waals surface area contributed by atoms with Crippen molar-refractivity contribution in [3.05, 3.63) is 28.0 Å². The van der Waals surface area contributed by atoms with E-state index in [0.717, 1.165) is 0 Å². The molecule has 18 heavy (non-hydrogen) atoms. The van der Waals surface area contributed by atoms with Crippen LogP contribution in [0.1, 0.15) is 19.4 Å². The smallest absolute Gasteiger partial charge is 0.242 e. The van der Waals surface area contributed by atoms with Crippen LogP contribution in [-0.4, -0.2) is 16.4 Å². The van der Waals surface area contributed by atoms with E-state index in [1.165, 1.54) is 6.07 Å². The molecule has 98 valence electrons. The highest BCUT2D eigenvalue weighted by Gasteiger charge is 2.26. The monoisotopic (exact) mass is 333 g/mol. The molecule has 7 heteroatoms. The van der Waals surface area contributed by atoms with E-state index in [-0.39, 0.29) is 15.1 Å². The summed E-state index contributed by atoms with van der Waals surface area (Å²) in [7, 11) is 0. The number of anilines is 1. The maximum absolute atomic E-state index is 14.0. The largest absolute Gasteiger partial charge is 0.389 e. The van der Waals surface area contributed by atoms with E-state index in [1.54, 1.807) is 19.9 Å². The zero-order valence-electron chi connectivity index (χ0n) is 9.88. The summed E-state index contributed by atoms with van der Waals surface area (Å²) in [4.78, 5) is 11.3. The van der Waals surface area contributed by atoms with Crippen molar-refractivity contribution in [1.29, 1.82) is 0 Å². The molecular weight excluding hydrogens is 321 g/mol. The summed E-state index contributed by atoms with van der Waals surface area (Å²) >= 11 is 7.87. The summed E-state index contributed by atoms with van der Waals surface area (Å²) < 4.78 is 14.2. The number of thiocarbonyl (C=S) groups is 1. The number of primary amides is 1. The number of hydrogen-bond donors (Lipinski definition) is 3. The molecule has 1 rings (SSSR count). The molecule has 4 nitrogen and oxygen atoms in total. The fourth-order valence-corrected chi connectivity index (χ4v) is 2.10. The van der Waals surface area contributed by atoms with Crippen LogP contribution in [0, 0.1) is 5.82 Å². The molecule has 0 aliphatic heterocycles. The zero-order chi connectivity index (χ0) is 14.1. The number of amides is 1. The maximum Gasteiger partial charge on any atom is 0.242 e. The summed E-state index contributed by atoms with van der Waals surface area (Å²) in [5.74, 6) is -1.16. The Morgan fingerprint density at radius 3 is 2.44 bits per heavy atom. The molecule has 1 aromatic rings. The zero-order valence-corrected chi connectivity index (χ0v) is 12.3. The van der Waals surface area contributed by atoms with Crippen molar-refractivity contribution < 1.29 is 9.18 Å². The Bertz CT molecular complexity index is 519. The van der Waals surface area contributed by atoms with E-state index in [9.17, 15) is 9.18 Å². The third kappa shape index (κ3) is 2.97. The first kappa shape index (κ1) is 14.8. The molecule has 0 saturated heterocycles. The predicted molar refractivity (Wildman–Crippen MR) is 76.9 cm³/mol. The highest BCUT2D eigenvalue weighted by molar-refractivity contribution is 9.10. The molecular formula is C11H13BrFN3OS. The standard InChI is InChI=1S/C11H13BrFN3OS/c1-11(2,10(15)17)16-6-4-3-5(9(14)18)7(12)8(6)13/h3-4,16H,1-2H3,(H2,14,18)(H2,15,17). The number of benzene rings is 1. The lowest BCUT2D eigenvalue weighted by atomic mass is 10.0. The molecule has 0 aliphatic carbocycles. The van der Waals surface area contributed by atoms with Gasteiger partial charge < -0.3 is 16.8 Å². The average molecular weight is 334 g/mol. The van der Waals surface area contributed by atoms with Gasteiger partial charge in [-0.05, 0) is 41.9 Å². The predicted octanol–water partition coefficient (Wildman–Crippen LogP) is 1.90. The number of rotatable bonds is 4. The van der Waals surface area contributed by atoms with Gasteiger partial charge in [0.2, 0.25) is 5.91 Å². The number of nitrogens with two attached hydrogens (primary N) is 2. The lowest BCUT2D eigenvalue weighted by Crippen LogP contribution is -2.45. The van der Waals surface area contributed by atoms with E-state index in [0.29, 0.717) is 5.56 Å². The number of halogens is 2. The van der Waals surface area contributed by atoms with E-state index >= 15 is 0 Å². The lowest BCUT2D eigenvalue weighted by Gasteiger charge is -2.24. The molecule has 0 aliphatic rings. The fourth-order valence-electron chi connectivity index (χ4n) is 1.23. The second kappa shape index (κ2) is 5.19. The minimum absolute atomic E-state index is 0.0847. The van der Waals surface area contributed by atoms with Crippen LogP contribution in [-0.2, 0) is 4.79 Å². The molecule has 1 aromatic carbocycles. The summed E-state index contributed by atoms with van der Waals surface area (Å²) in [6, 6.07) is 3.02. The van der Waals surface area contributed by atoms with Crippen molar-refractivity contribution in [1.82, 2.24) is 0 Å². The highest BCUT2D eigenvalue weighted by atomic mass is 79.9. The van der Waals surface area contributed by atoms with Gasteiger partial charge in [0.15, 0.2) is 5.82 Å². The first-order valence-corrected chi connectivity index (χ1v) is 6.23. The molecule has 5 N–H and O–H groups in total. The molecule has 0 aromatic heterocycles. The molecule has 0 bridgehead atoms. The first-order chi connectivity index (χ1) is 8.16. The van der Waals surface area contributed by atoms with Gasteiger partial charge in [0.25, 0.3) is 0 Å². The minimum atomic E-state index is -1.06. The van der Waals surface area contributed by atoms with Gasteiger partial charge in [-0.25, -0.2) is 4.39 Å². The quantitative estimate of drug-likeness (QED) is 0.735. The van der Waals surface area contributed by atoms with Crippen LogP contribution < -0.4 is 16.8 Å². The Labute approximate surface area is 118 Å². The molecule has 0 unspecified atom stereocenters. The molecule has 1 amide bonds. The molecule has 0 spiro atoms. The van der Waals surface area contributed by atoms with Crippen molar-refractivity contribution in [3.8, 4) is 0 Å². The van der Waals surface area contributed by atoms with E-state index in [4.69, 9.17) is 23.7 Å². The first-order valence-electron chi connectivity index (χ1n) is 5.02. The van der Waals surface area contributed by atoms with Gasteiger partial charge in [-0.1, -0.05) is 12.2 Å². The molecule has 0 atom stereocenters. The van der Waals surface area contributed by atoms with Crippen molar-refractivity contribution >= 4 is 44.7 Å². The topological polar surface area (TPSA) is 81.1 Å². The van der Waals surface area contributed by atoms with E-state index < -0.39 is 17.3 Å². The van der Waals surface area contributed by atoms with Crippen LogP contribution >= 0.6 is 28.1 Å². The van der Waals surface area contributed by atoms with Gasteiger partial charge >= 0.3 is 0 Å². The van der Waals surface area contributed by atoms with Crippen molar-refractivity contribution in [3.63, 3.8) is 0 Å². The number of carbonyl (C=O) groups is 1. The second-order valence-electron chi connectivity index (χ2n) is 4.27. The van der Waals surface area contributed by atoms with E-state index in [2.05, 4.69) is 21.2 Å². The van der Waals surface area contributed by atoms with Crippen LogP contribution in [0.25, 0.3) is 0 Å². The van der Waals surface area contributed by atoms with Gasteiger partial charge in [-0.2, -0.15) is 0 Å². The van der Waals surface area contributed by atoms with Crippen molar-refractivity contribution in [2.45, 2.75) is 19.4 Å². The third-order valence-electron chi connectivity index (χ3n) is 2.41. The maximum atomic E-state index is 14.0. The van der Waals surface area contributed by atoms with Crippen LogP contribution in [0.4, 0.5) is 10.1 Å². The summed E-state index contributed by atoms with van der Waals surface area (Å²) in [5.41, 5.74) is 10.1. The Hall–Kier alpha value is -1.21. The lowest BCUT2D eigenvalue weighted by molar-refractivity contribution is -0.121. The Morgan fingerprint density at radius 1 is 1.44 bits per heavy atom. The van der Waals surface area contributed by atoms with Gasteiger partial charge in [0.05, 0.1) is 10.2 Å². The Morgan fingerprint density at radius 2 is 2.00 bits per heavy atom. The van der Waals surface area contributed by atoms with Crippen LogP contribution in [0.5, 0.6) is 0 Å². The second-order valence-corrected chi connectivity index (χ2v) is 5.50. The summed E-state index contributed by atoms with van der Waals surface area (Å²) in [6.45, 7) is 3.12. The van der Waals surface area contributed by atoms with Crippen LogP contribution in [0.15, 0.2) is 16.6 Å². The number of hydrogen-bond acceptors (Lipinski definition) is 3. The molecule has 0 heterocycles. The van der Waals surface area contributed by atoms with Crippen molar-refractivity contribution in [2.75, 3.05) is 5.32 Å². The van der Waals surface area contributed by atoms with Crippen molar-refractivity contribution in [2.24, 2.45) is 11.5 Å². The fraction of sp³-hybridized carbons (Fsp3) is 0.273. The normalized spacial score (nSPS) is 11.1. The summed E-state index contributed by atoms with van der Waals surface area (Å²) in [6.07, 6.45) is 0. The molecule has 0 fully saturated rings. The Kier molecular flexibility index (Phi) is 4.28. The van der Waals surface area contributed by atoms with Crippen LogP contribution in [0.2, 0.25) is 0 Å². The van der Waals surface area contributed by atoms with Gasteiger partial charge in [-0.15, -0.1) is 0 Å². The number of nitrogens with one attached hydrogen (secondary N) is 1. The van der Waals surface area contributed by atoms with Gasteiger partial charge in [-0.3, -0.25) is 4.79 Å². The third-order valence-corrected chi connectivity index (χ3v) is 3.41. The van der Waals surface area contributed by atoms with Gasteiger partial charge in [0, 0.05) is 5.56 Å². The van der Waals surface area contributed by atoms with Gasteiger partial charge in [0.1, 0.15) is 10.5 Å². The minimum Gasteiger partial charge on any atom is -0.389 e. The summed E-state index contributed by atoms with van der Waals surface area (Å²) in [5, 5.41) is 2.73. The van der Waals surface area contributed by atoms with E-state index in [1.807, 2.05) is 0 Å². The Balaban J connectivity index is 3.18. The molecule has 0 radical (unpaired) electrons.